The number of thiophene rings is 1. The molecular weight excluding hydrogens is 263 g/mol. The highest BCUT2D eigenvalue weighted by Crippen LogP contribution is 2.07. The average Bonchev–Trinajstić information content (AvgIpc) is 2.92. The molecule has 0 aliphatic rings. The number of carbonyl (C=O) groups excluding carboxylic acids is 1. The Morgan fingerprint density at radius 3 is 2.74 bits per heavy atom. The van der Waals surface area contributed by atoms with Crippen LogP contribution in [0.2, 0.25) is 0 Å². The molecule has 19 heavy (non-hydrogen) atoms. The fourth-order valence-corrected chi connectivity index (χ4v) is 2.30. The fourth-order valence-electron chi connectivity index (χ4n) is 1.65. The smallest absolute Gasteiger partial charge is 0.315 e. The van der Waals surface area contributed by atoms with E-state index in [2.05, 4.69) is 10.6 Å². The van der Waals surface area contributed by atoms with Gasteiger partial charge in [-0.15, -0.1) is 11.3 Å². The van der Waals surface area contributed by atoms with E-state index in [0.29, 0.717) is 25.1 Å². The molecule has 5 heteroatoms. The standard InChI is InChI=1S/C14H15FN2OS/c15-13-6-2-1-4-11(13)7-8-16-14(18)17-10-12-5-3-9-19-12/h1-6,9H,7-8,10H2,(H2,16,17,18). The van der Waals surface area contributed by atoms with Crippen LogP contribution >= 0.6 is 11.3 Å². The summed E-state index contributed by atoms with van der Waals surface area (Å²) >= 11 is 1.60. The van der Waals surface area contributed by atoms with Gasteiger partial charge in [-0.25, -0.2) is 9.18 Å². The van der Waals surface area contributed by atoms with Crippen LogP contribution in [-0.4, -0.2) is 12.6 Å². The van der Waals surface area contributed by atoms with Crippen LogP contribution in [0.5, 0.6) is 0 Å². The first-order valence-corrected chi connectivity index (χ1v) is 6.91. The first-order chi connectivity index (χ1) is 9.25. The lowest BCUT2D eigenvalue weighted by molar-refractivity contribution is 0.240. The largest absolute Gasteiger partial charge is 0.338 e. The molecule has 0 radical (unpaired) electrons. The number of hydrogen-bond acceptors (Lipinski definition) is 2. The Balaban J connectivity index is 1.68. The lowest BCUT2D eigenvalue weighted by Crippen LogP contribution is -2.36. The van der Waals surface area contributed by atoms with Crippen molar-refractivity contribution >= 4 is 17.4 Å². The Kier molecular flexibility index (Phi) is 4.92. The molecule has 2 rings (SSSR count). The predicted octanol–water partition coefficient (Wildman–Crippen LogP) is 2.93. The van der Waals surface area contributed by atoms with Crippen molar-refractivity contribution in [3.05, 3.63) is 58.0 Å². The highest BCUT2D eigenvalue weighted by atomic mass is 32.1. The van der Waals surface area contributed by atoms with E-state index in [1.54, 1.807) is 29.5 Å². The van der Waals surface area contributed by atoms with Gasteiger partial charge in [-0.05, 0) is 29.5 Å². The van der Waals surface area contributed by atoms with Gasteiger partial charge in [0, 0.05) is 11.4 Å². The van der Waals surface area contributed by atoms with E-state index in [0.717, 1.165) is 4.88 Å². The first kappa shape index (κ1) is 13.5. The molecule has 3 nitrogen and oxygen atoms in total. The minimum atomic E-state index is -0.233. The van der Waals surface area contributed by atoms with Crippen molar-refractivity contribution in [1.29, 1.82) is 0 Å². The second-order valence-electron chi connectivity index (χ2n) is 4.03. The van der Waals surface area contributed by atoms with Gasteiger partial charge in [0.25, 0.3) is 0 Å². The number of halogens is 1. The number of amides is 2. The third-order valence-corrected chi connectivity index (χ3v) is 3.52. The highest BCUT2D eigenvalue weighted by Gasteiger charge is 2.03. The van der Waals surface area contributed by atoms with Crippen LogP contribution in [0.25, 0.3) is 0 Å². The molecule has 1 aromatic carbocycles. The lowest BCUT2D eigenvalue weighted by atomic mass is 10.1. The zero-order valence-electron chi connectivity index (χ0n) is 10.4. The van der Waals surface area contributed by atoms with Crippen LogP contribution in [0.4, 0.5) is 9.18 Å². The molecule has 0 aliphatic heterocycles. The summed E-state index contributed by atoms with van der Waals surface area (Å²) in [5.41, 5.74) is 0.612. The molecule has 100 valence electrons. The summed E-state index contributed by atoms with van der Waals surface area (Å²) in [6, 6.07) is 10.3. The Morgan fingerprint density at radius 1 is 1.16 bits per heavy atom. The molecule has 2 N–H and O–H groups in total. The molecule has 0 atom stereocenters. The van der Waals surface area contributed by atoms with Crippen molar-refractivity contribution in [1.82, 2.24) is 10.6 Å². The SMILES string of the molecule is O=C(NCCc1ccccc1F)NCc1cccs1. The number of hydrogen-bond donors (Lipinski definition) is 2. The molecular formula is C14H15FN2OS. The van der Waals surface area contributed by atoms with Gasteiger partial charge in [0.05, 0.1) is 6.54 Å². The second-order valence-corrected chi connectivity index (χ2v) is 5.06. The van der Waals surface area contributed by atoms with Gasteiger partial charge in [0.15, 0.2) is 0 Å². The Labute approximate surface area is 115 Å². The van der Waals surface area contributed by atoms with E-state index in [9.17, 15) is 9.18 Å². The van der Waals surface area contributed by atoms with Crippen LogP contribution in [0.1, 0.15) is 10.4 Å². The maximum Gasteiger partial charge on any atom is 0.315 e. The first-order valence-electron chi connectivity index (χ1n) is 6.03. The molecule has 0 spiro atoms. The average molecular weight is 278 g/mol. The third-order valence-electron chi connectivity index (χ3n) is 2.64. The van der Waals surface area contributed by atoms with Crippen molar-refractivity contribution in [2.45, 2.75) is 13.0 Å². The van der Waals surface area contributed by atoms with Crippen LogP contribution in [-0.2, 0) is 13.0 Å². The summed E-state index contributed by atoms with van der Waals surface area (Å²) in [4.78, 5) is 12.6. The molecule has 0 bridgehead atoms. The molecule has 1 heterocycles. The van der Waals surface area contributed by atoms with Crippen LogP contribution < -0.4 is 10.6 Å². The van der Waals surface area contributed by atoms with Crippen LogP contribution in [0.15, 0.2) is 41.8 Å². The van der Waals surface area contributed by atoms with Gasteiger partial charge in [-0.2, -0.15) is 0 Å². The minimum absolute atomic E-state index is 0.232. The van der Waals surface area contributed by atoms with Gasteiger partial charge in [-0.1, -0.05) is 24.3 Å². The fraction of sp³-hybridized carbons (Fsp3) is 0.214. The molecule has 0 unspecified atom stereocenters. The second kappa shape index (κ2) is 6.89. The summed E-state index contributed by atoms with van der Waals surface area (Å²) < 4.78 is 13.3. The van der Waals surface area contributed by atoms with Gasteiger partial charge in [0.1, 0.15) is 5.82 Å². The van der Waals surface area contributed by atoms with Crippen LogP contribution in [0.3, 0.4) is 0 Å². The zero-order valence-corrected chi connectivity index (χ0v) is 11.2. The third kappa shape index (κ3) is 4.37. The Bertz CT molecular complexity index is 528. The van der Waals surface area contributed by atoms with E-state index < -0.39 is 0 Å². The normalized spacial score (nSPS) is 10.2. The Hall–Kier alpha value is -1.88. The molecule has 0 aliphatic carbocycles. The van der Waals surface area contributed by atoms with Gasteiger partial charge < -0.3 is 10.6 Å². The highest BCUT2D eigenvalue weighted by molar-refractivity contribution is 7.09. The minimum Gasteiger partial charge on any atom is -0.338 e. The van der Waals surface area contributed by atoms with E-state index >= 15 is 0 Å². The van der Waals surface area contributed by atoms with Crippen molar-refractivity contribution in [3.63, 3.8) is 0 Å². The summed E-state index contributed by atoms with van der Waals surface area (Å²) in [6.45, 7) is 0.931. The van der Waals surface area contributed by atoms with Gasteiger partial charge in [0.2, 0.25) is 0 Å². The maximum atomic E-state index is 13.3. The zero-order chi connectivity index (χ0) is 13.5. The molecule has 0 saturated carbocycles. The van der Waals surface area contributed by atoms with E-state index in [1.165, 1.54) is 6.07 Å². The topological polar surface area (TPSA) is 41.1 Å². The Morgan fingerprint density at radius 2 is 2.00 bits per heavy atom. The van der Waals surface area contributed by atoms with Gasteiger partial charge in [-0.3, -0.25) is 0 Å². The number of urea groups is 1. The molecule has 0 fully saturated rings. The summed E-state index contributed by atoms with van der Waals surface area (Å²) in [7, 11) is 0. The van der Waals surface area contributed by atoms with E-state index in [1.807, 2.05) is 17.5 Å². The number of benzene rings is 1. The molecule has 2 amide bonds. The number of nitrogens with one attached hydrogen (secondary N) is 2. The molecule has 2 aromatic rings. The molecule has 0 saturated heterocycles. The predicted molar refractivity (Wildman–Crippen MR) is 74.7 cm³/mol. The van der Waals surface area contributed by atoms with Crippen LogP contribution in [0, 0.1) is 5.82 Å². The van der Waals surface area contributed by atoms with Gasteiger partial charge >= 0.3 is 6.03 Å². The number of rotatable bonds is 5. The molecule has 1 aromatic heterocycles. The number of carbonyl (C=O) groups is 1. The van der Waals surface area contributed by atoms with Crippen molar-refractivity contribution in [2.75, 3.05) is 6.54 Å². The lowest BCUT2D eigenvalue weighted by Gasteiger charge is -2.07. The van der Waals surface area contributed by atoms with Crippen molar-refractivity contribution in [2.24, 2.45) is 0 Å². The quantitative estimate of drug-likeness (QED) is 0.867. The maximum absolute atomic E-state index is 13.3. The van der Waals surface area contributed by atoms with Crippen molar-refractivity contribution < 1.29 is 9.18 Å². The van der Waals surface area contributed by atoms with Crippen molar-refractivity contribution in [3.8, 4) is 0 Å². The van der Waals surface area contributed by atoms with E-state index in [-0.39, 0.29) is 11.8 Å². The summed E-state index contributed by atoms with van der Waals surface area (Å²) in [5, 5.41) is 7.43. The van der Waals surface area contributed by atoms with E-state index in [4.69, 9.17) is 0 Å². The summed E-state index contributed by atoms with van der Waals surface area (Å²) in [5.74, 6) is -0.233. The summed E-state index contributed by atoms with van der Waals surface area (Å²) in [6.07, 6.45) is 0.485. The monoisotopic (exact) mass is 278 g/mol.